The van der Waals surface area contributed by atoms with Crippen LogP contribution in [0.3, 0.4) is 0 Å². The number of rotatable bonds is 6. The zero-order valence-corrected chi connectivity index (χ0v) is 14.7. The zero-order valence-electron chi connectivity index (χ0n) is 14.7. The summed E-state index contributed by atoms with van der Waals surface area (Å²) in [6.07, 6.45) is 6.19. The number of hydrogen-bond acceptors (Lipinski definition) is 4. The molecule has 0 aliphatic rings. The highest BCUT2D eigenvalue weighted by atomic mass is 16.6. The Bertz CT molecular complexity index is 1010. The summed E-state index contributed by atoms with van der Waals surface area (Å²) in [6.45, 7) is 2.65. The highest BCUT2D eigenvalue weighted by Gasteiger charge is 2.05. The molecule has 0 atom stereocenters. The van der Waals surface area contributed by atoms with E-state index >= 15 is 0 Å². The van der Waals surface area contributed by atoms with Crippen LogP contribution < -0.4 is 5.32 Å². The molecule has 1 heterocycles. The second-order valence-electron chi connectivity index (χ2n) is 6.09. The first kappa shape index (κ1) is 18.1. The maximum atomic E-state index is 12.0. The van der Waals surface area contributed by atoms with Crippen LogP contribution in [0.25, 0.3) is 6.08 Å². The minimum atomic E-state index is -0.472. The highest BCUT2D eigenvalue weighted by Crippen LogP contribution is 2.14. The van der Waals surface area contributed by atoms with E-state index in [0.29, 0.717) is 17.8 Å². The summed E-state index contributed by atoms with van der Waals surface area (Å²) in [5.74, 6) is -0.336. The van der Waals surface area contributed by atoms with Gasteiger partial charge in [0.05, 0.1) is 23.4 Å². The molecule has 3 aromatic rings. The number of carbonyl (C=O) groups is 1. The van der Waals surface area contributed by atoms with Crippen LogP contribution in [-0.2, 0) is 11.3 Å². The van der Waals surface area contributed by atoms with E-state index in [0.717, 1.165) is 5.56 Å². The number of anilines is 1. The quantitative estimate of drug-likeness (QED) is 0.410. The summed E-state index contributed by atoms with van der Waals surface area (Å²) < 4.78 is 1.74. The fourth-order valence-corrected chi connectivity index (χ4v) is 2.61. The number of hydrogen-bond donors (Lipinski definition) is 1. The number of nitro groups is 1. The van der Waals surface area contributed by atoms with Gasteiger partial charge in [-0.2, -0.15) is 5.10 Å². The van der Waals surface area contributed by atoms with E-state index in [-0.39, 0.29) is 11.6 Å². The van der Waals surface area contributed by atoms with Gasteiger partial charge in [-0.25, -0.2) is 0 Å². The van der Waals surface area contributed by atoms with Crippen molar-refractivity contribution in [2.75, 3.05) is 5.32 Å². The van der Waals surface area contributed by atoms with Crippen molar-refractivity contribution in [3.8, 4) is 0 Å². The molecule has 0 fully saturated rings. The average Bonchev–Trinajstić information content (AvgIpc) is 3.07. The Labute approximate surface area is 156 Å². The van der Waals surface area contributed by atoms with E-state index in [1.807, 2.05) is 25.1 Å². The second kappa shape index (κ2) is 8.09. The lowest BCUT2D eigenvalue weighted by molar-refractivity contribution is -0.384. The maximum absolute atomic E-state index is 12.0. The van der Waals surface area contributed by atoms with Gasteiger partial charge in [0.25, 0.3) is 5.69 Å². The minimum Gasteiger partial charge on any atom is -0.320 e. The number of aromatic nitrogens is 2. The Morgan fingerprint density at radius 3 is 2.85 bits per heavy atom. The van der Waals surface area contributed by atoms with E-state index in [4.69, 9.17) is 0 Å². The van der Waals surface area contributed by atoms with Crippen molar-refractivity contribution in [2.45, 2.75) is 13.5 Å². The van der Waals surface area contributed by atoms with E-state index in [1.165, 1.54) is 29.8 Å². The van der Waals surface area contributed by atoms with E-state index in [9.17, 15) is 14.9 Å². The molecular weight excluding hydrogens is 344 g/mol. The smallest absolute Gasteiger partial charge is 0.270 e. The van der Waals surface area contributed by atoms with Gasteiger partial charge < -0.3 is 5.32 Å². The molecule has 27 heavy (non-hydrogen) atoms. The van der Waals surface area contributed by atoms with E-state index in [2.05, 4.69) is 16.5 Å². The fraction of sp³-hybridized carbons (Fsp3) is 0.100. The molecule has 0 spiro atoms. The summed E-state index contributed by atoms with van der Waals surface area (Å²) in [7, 11) is 0. The predicted octanol–water partition coefficient (Wildman–Crippen LogP) is 3.80. The highest BCUT2D eigenvalue weighted by molar-refractivity contribution is 6.01. The van der Waals surface area contributed by atoms with Gasteiger partial charge in [0.2, 0.25) is 5.91 Å². The number of aryl methyl sites for hydroxylation is 1. The van der Waals surface area contributed by atoms with Crippen LogP contribution in [-0.4, -0.2) is 20.6 Å². The number of amides is 1. The number of nitrogens with one attached hydrogen (secondary N) is 1. The predicted molar refractivity (Wildman–Crippen MR) is 103 cm³/mol. The van der Waals surface area contributed by atoms with Gasteiger partial charge in [-0.15, -0.1) is 0 Å². The van der Waals surface area contributed by atoms with Crippen LogP contribution in [0.1, 0.15) is 16.7 Å². The maximum Gasteiger partial charge on any atom is 0.270 e. The monoisotopic (exact) mass is 362 g/mol. The largest absolute Gasteiger partial charge is 0.320 e. The molecule has 1 amide bonds. The van der Waals surface area contributed by atoms with Gasteiger partial charge in [0, 0.05) is 24.4 Å². The first-order chi connectivity index (χ1) is 13.0. The molecule has 1 N–H and O–H groups in total. The molecule has 0 radical (unpaired) electrons. The summed E-state index contributed by atoms with van der Waals surface area (Å²) in [5.41, 5.74) is 3.45. The molecule has 1 aromatic heterocycles. The van der Waals surface area contributed by atoms with Gasteiger partial charge >= 0.3 is 0 Å². The number of nitro benzene ring substituents is 1. The van der Waals surface area contributed by atoms with Crippen LogP contribution in [0.2, 0.25) is 0 Å². The summed E-state index contributed by atoms with van der Waals surface area (Å²) in [6, 6.07) is 14.2. The number of carbonyl (C=O) groups excluding carboxylic acids is 1. The van der Waals surface area contributed by atoms with Gasteiger partial charge in [-0.1, -0.05) is 42.0 Å². The molecule has 0 unspecified atom stereocenters. The Kier molecular flexibility index (Phi) is 5.41. The van der Waals surface area contributed by atoms with Crippen molar-refractivity contribution in [1.29, 1.82) is 0 Å². The van der Waals surface area contributed by atoms with Crippen molar-refractivity contribution in [2.24, 2.45) is 0 Å². The van der Waals surface area contributed by atoms with Crippen LogP contribution in [0.5, 0.6) is 0 Å². The summed E-state index contributed by atoms with van der Waals surface area (Å²) in [5, 5.41) is 17.7. The van der Waals surface area contributed by atoms with Gasteiger partial charge in [0.15, 0.2) is 0 Å². The Morgan fingerprint density at radius 1 is 1.26 bits per heavy atom. The number of non-ortho nitro benzene ring substituents is 1. The third-order valence-electron chi connectivity index (χ3n) is 3.84. The Morgan fingerprint density at radius 2 is 2.07 bits per heavy atom. The molecule has 7 nitrogen and oxygen atoms in total. The van der Waals surface area contributed by atoms with Crippen molar-refractivity contribution in [3.63, 3.8) is 0 Å². The number of benzene rings is 2. The average molecular weight is 362 g/mol. The number of nitrogens with zero attached hydrogens (tertiary/aromatic N) is 3. The molecule has 0 saturated carbocycles. The molecule has 0 saturated heterocycles. The van der Waals surface area contributed by atoms with Crippen LogP contribution in [0, 0.1) is 17.0 Å². The molecule has 0 aliphatic carbocycles. The van der Waals surface area contributed by atoms with Crippen molar-refractivity contribution in [3.05, 3.63) is 93.8 Å². The normalized spacial score (nSPS) is 10.9. The van der Waals surface area contributed by atoms with Crippen LogP contribution in [0.4, 0.5) is 11.4 Å². The van der Waals surface area contributed by atoms with Gasteiger partial charge in [-0.05, 0) is 24.1 Å². The molecular formula is C20H18N4O3. The van der Waals surface area contributed by atoms with E-state index in [1.54, 1.807) is 29.2 Å². The minimum absolute atomic E-state index is 0.0185. The Balaban J connectivity index is 1.60. The lowest BCUT2D eigenvalue weighted by Crippen LogP contribution is -2.07. The lowest BCUT2D eigenvalue weighted by Gasteiger charge is -2.02. The lowest BCUT2D eigenvalue weighted by atomic mass is 10.1. The fourth-order valence-electron chi connectivity index (χ4n) is 2.61. The molecule has 7 heteroatoms. The molecule has 0 aliphatic heterocycles. The molecule has 0 bridgehead atoms. The van der Waals surface area contributed by atoms with Crippen LogP contribution in [0.15, 0.2) is 67.0 Å². The summed E-state index contributed by atoms with van der Waals surface area (Å²) >= 11 is 0. The van der Waals surface area contributed by atoms with Crippen LogP contribution >= 0.6 is 0 Å². The topological polar surface area (TPSA) is 90.1 Å². The Hall–Kier alpha value is -3.74. The van der Waals surface area contributed by atoms with E-state index < -0.39 is 4.92 Å². The molecule has 136 valence electrons. The third kappa shape index (κ3) is 5.12. The zero-order chi connectivity index (χ0) is 19.2. The first-order valence-corrected chi connectivity index (χ1v) is 8.31. The van der Waals surface area contributed by atoms with Crippen molar-refractivity contribution in [1.82, 2.24) is 9.78 Å². The van der Waals surface area contributed by atoms with Crippen molar-refractivity contribution < 1.29 is 9.72 Å². The second-order valence-corrected chi connectivity index (χ2v) is 6.09. The van der Waals surface area contributed by atoms with Gasteiger partial charge in [-0.3, -0.25) is 19.6 Å². The first-order valence-electron chi connectivity index (χ1n) is 8.31. The third-order valence-corrected chi connectivity index (χ3v) is 3.84. The summed E-state index contributed by atoms with van der Waals surface area (Å²) in [4.78, 5) is 22.4. The van der Waals surface area contributed by atoms with Gasteiger partial charge in [0.1, 0.15) is 0 Å². The van der Waals surface area contributed by atoms with Crippen molar-refractivity contribution >= 4 is 23.4 Å². The molecule has 3 rings (SSSR count). The SMILES string of the molecule is Cc1cccc(Cn2cc(NC(=O)/C=C/c3cccc([N+](=O)[O-])c3)cn2)c1. The molecule has 2 aromatic carbocycles. The standard InChI is InChI=1S/C20H18N4O3/c1-15-4-2-6-17(10-15)13-23-14-18(12-21-23)22-20(25)9-8-16-5-3-7-19(11-16)24(26)27/h2-12,14H,13H2,1H3,(H,22,25)/b9-8+.